The smallest absolute Gasteiger partial charge is 0.319 e. The van der Waals surface area contributed by atoms with E-state index in [1.165, 1.54) is 0 Å². The SMILES string of the molecule is COc1ccc(NC(=O)c2ccccc2NC(=O)NC(C)C)cc1. The summed E-state index contributed by atoms with van der Waals surface area (Å²) in [5.74, 6) is 0.404. The van der Waals surface area contributed by atoms with Crippen molar-refractivity contribution in [3.63, 3.8) is 0 Å². The molecule has 24 heavy (non-hydrogen) atoms. The van der Waals surface area contributed by atoms with Crippen LogP contribution in [0, 0.1) is 0 Å². The van der Waals surface area contributed by atoms with Crippen molar-refractivity contribution in [2.45, 2.75) is 19.9 Å². The van der Waals surface area contributed by atoms with Crippen LogP contribution in [0.2, 0.25) is 0 Å². The quantitative estimate of drug-likeness (QED) is 0.786. The van der Waals surface area contributed by atoms with Gasteiger partial charge in [0.2, 0.25) is 0 Å². The number of methoxy groups -OCH3 is 1. The van der Waals surface area contributed by atoms with Gasteiger partial charge in [0.25, 0.3) is 5.91 Å². The maximum Gasteiger partial charge on any atom is 0.319 e. The second-order valence-electron chi connectivity index (χ2n) is 5.48. The van der Waals surface area contributed by atoms with Gasteiger partial charge < -0.3 is 20.7 Å². The Balaban J connectivity index is 2.12. The minimum absolute atomic E-state index is 0.00490. The molecule has 0 aliphatic heterocycles. The molecule has 0 heterocycles. The van der Waals surface area contributed by atoms with Crippen LogP contribution in [0.15, 0.2) is 48.5 Å². The van der Waals surface area contributed by atoms with E-state index in [2.05, 4.69) is 16.0 Å². The summed E-state index contributed by atoms with van der Waals surface area (Å²) in [5, 5.41) is 8.22. The number of hydrogen-bond donors (Lipinski definition) is 3. The van der Waals surface area contributed by atoms with Gasteiger partial charge in [0.05, 0.1) is 18.4 Å². The van der Waals surface area contributed by atoms with Crippen LogP contribution < -0.4 is 20.7 Å². The number of nitrogens with one attached hydrogen (secondary N) is 3. The summed E-state index contributed by atoms with van der Waals surface area (Å²) >= 11 is 0. The third-order valence-corrected chi connectivity index (χ3v) is 3.19. The van der Waals surface area contributed by atoms with E-state index in [1.807, 2.05) is 13.8 Å². The minimum atomic E-state index is -0.352. The lowest BCUT2D eigenvalue weighted by Crippen LogP contribution is -2.34. The Morgan fingerprint density at radius 1 is 0.958 bits per heavy atom. The lowest BCUT2D eigenvalue weighted by molar-refractivity contribution is 0.102. The molecule has 6 heteroatoms. The molecular weight excluding hydrogens is 306 g/mol. The Bertz CT molecular complexity index is 712. The van der Waals surface area contributed by atoms with Crippen molar-refractivity contribution in [1.82, 2.24) is 5.32 Å². The molecule has 0 fully saturated rings. The fraction of sp³-hybridized carbons (Fsp3) is 0.222. The van der Waals surface area contributed by atoms with Gasteiger partial charge in [0.15, 0.2) is 0 Å². The molecule has 3 amide bonds. The number of urea groups is 1. The number of amides is 3. The number of anilines is 2. The van der Waals surface area contributed by atoms with E-state index >= 15 is 0 Å². The first-order valence-electron chi connectivity index (χ1n) is 7.61. The molecule has 0 unspecified atom stereocenters. The highest BCUT2D eigenvalue weighted by Gasteiger charge is 2.13. The highest BCUT2D eigenvalue weighted by Crippen LogP contribution is 2.19. The van der Waals surface area contributed by atoms with Crippen molar-refractivity contribution in [2.24, 2.45) is 0 Å². The first-order chi connectivity index (χ1) is 11.5. The molecule has 0 aliphatic carbocycles. The lowest BCUT2D eigenvalue weighted by atomic mass is 10.1. The zero-order valence-corrected chi connectivity index (χ0v) is 13.9. The number of carbonyl (C=O) groups is 2. The normalized spacial score (nSPS) is 10.2. The molecule has 0 saturated heterocycles. The predicted molar refractivity (Wildman–Crippen MR) is 94.7 cm³/mol. The topological polar surface area (TPSA) is 79.5 Å². The van der Waals surface area contributed by atoms with E-state index in [0.717, 1.165) is 0 Å². The minimum Gasteiger partial charge on any atom is -0.497 e. The molecule has 3 N–H and O–H groups in total. The summed E-state index contributed by atoms with van der Waals surface area (Å²) in [6, 6.07) is 13.5. The van der Waals surface area contributed by atoms with Crippen molar-refractivity contribution in [2.75, 3.05) is 17.7 Å². The molecule has 0 aliphatic rings. The zero-order chi connectivity index (χ0) is 17.5. The summed E-state index contributed by atoms with van der Waals surface area (Å²) < 4.78 is 5.09. The van der Waals surface area contributed by atoms with Gasteiger partial charge in [-0.2, -0.15) is 0 Å². The van der Waals surface area contributed by atoms with Crippen molar-refractivity contribution >= 4 is 23.3 Å². The Hall–Kier alpha value is -3.02. The van der Waals surface area contributed by atoms with E-state index in [-0.39, 0.29) is 18.0 Å². The summed E-state index contributed by atoms with van der Waals surface area (Å²) in [6.07, 6.45) is 0. The highest BCUT2D eigenvalue weighted by atomic mass is 16.5. The standard InChI is InChI=1S/C18H21N3O3/c1-12(2)19-18(23)21-16-7-5-4-6-15(16)17(22)20-13-8-10-14(24-3)11-9-13/h4-12H,1-3H3,(H,20,22)(H2,19,21,23). The van der Waals surface area contributed by atoms with E-state index in [9.17, 15) is 9.59 Å². The van der Waals surface area contributed by atoms with Crippen molar-refractivity contribution in [3.8, 4) is 5.75 Å². The van der Waals surface area contributed by atoms with Crippen molar-refractivity contribution in [1.29, 1.82) is 0 Å². The maximum absolute atomic E-state index is 12.5. The number of ether oxygens (including phenoxy) is 1. The van der Waals surface area contributed by atoms with E-state index in [4.69, 9.17) is 4.74 Å². The molecule has 0 bridgehead atoms. The van der Waals surface area contributed by atoms with Crippen LogP contribution in [0.3, 0.4) is 0 Å². The average molecular weight is 327 g/mol. The Morgan fingerprint density at radius 3 is 2.25 bits per heavy atom. The molecule has 2 aromatic carbocycles. The highest BCUT2D eigenvalue weighted by molar-refractivity contribution is 6.09. The third-order valence-electron chi connectivity index (χ3n) is 3.19. The monoisotopic (exact) mass is 327 g/mol. The van der Waals surface area contributed by atoms with Crippen molar-refractivity contribution < 1.29 is 14.3 Å². The first-order valence-corrected chi connectivity index (χ1v) is 7.61. The molecule has 2 rings (SSSR count). The molecule has 2 aromatic rings. The van der Waals surface area contributed by atoms with Crippen LogP contribution in [-0.4, -0.2) is 25.1 Å². The Labute approximate surface area is 141 Å². The largest absolute Gasteiger partial charge is 0.497 e. The number of carbonyl (C=O) groups excluding carboxylic acids is 2. The molecule has 126 valence electrons. The van der Waals surface area contributed by atoms with Gasteiger partial charge in [0.1, 0.15) is 5.75 Å². The van der Waals surface area contributed by atoms with Crippen LogP contribution in [-0.2, 0) is 0 Å². The Kier molecular flexibility index (Phi) is 5.78. The van der Waals surface area contributed by atoms with Gasteiger partial charge in [-0.1, -0.05) is 12.1 Å². The third kappa shape index (κ3) is 4.74. The summed E-state index contributed by atoms with van der Waals surface area (Å²) in [7, 11) is 1.58. The molecule has 6 nitrogen and oxygen atoms in total. The molecule has 0 atom stereocenters. The number of para-hydroxylation sites is 1. The Morgan fingerprint density at radius 2 is 1.62 bits per heavy atom. The van der Waals surface area contributed by atoms with Gasteiger partial charge in [0, 0.05) is 11.7 Å². The molecule has 0 radical (unpaired) electrons. The molecule has 0 saturated carbocycles. The second kappa shape index (κ2) is 8.01. The van der Waals surface area contributed by atoms with Crippen LogP contribution in [0.25, 0.3) is 0 Å². The van der Waals surface area contributed by atoms with Gasteiger partial charge >= 0.3 is 6.03 Å². The van der Waals surface area contributed by atoms with Crippen LogP contribution in [0.4, 0.5) is 16.2 Å². The maximum atomic E-state index is 12.5. The molecule has 0 aromatic heterocycles. The van der Waals surface area contributed by atoms with Crippen LogP contribution in [0.1, 0.15) is 24.2 Å². The predicted octanol–water partition coefficient (Wildman–Crippen LogP) is 3.48. The molecular formula is C18H21N3O3. The van der Waals surface area contributed by atoms with Crippen LogP contribution >= 0.6 is 0 Å². The van der Waals surface area contributed by atoms with Gasteiger partial charge in [-0.15, -0.1) is 0 Å². The lowest BCUT2D eigenvalue weighted by Gasteiger charge is -2.13. The fourth-order valence-corrected chi connectivity index (χ4v) is 2.08. The van der Waals surface area contributed by atoms with Crippen molar-refractivity contribution in [3.05, 3.63) is 54.1 Å². The van der Waals surface area contributed by atoms with Gasteiger partial charge in [-0.05, 0) is 50.2 Å². The zero-order valence-electron chi connectivity index (χ0n) is 13.9. The van der Waals surface area contributed by atoms with Crippen LogP contribution in [0.5, 0.6) is 5.75 Å². The van der Waals surface area contributed by atoms with Gasteiger partial charge in [-0.25, -0.2) is 4.79 Å². The van der Waals surface area contributed by atoms with E-state index < -0.39 is 0 Å². The second-order valence-corrected chi connectivity index (χ2v) is 5.48. The number of hydrogen-bond acceptors (Lipinski definition) is 3. The first kappa shape index (κ1) is 17.3. The summed E-state index contributed by atoms with van der Waals surface area (Å²) in [4.78, 5) is 24.3. The summed E-state index contributed by atoms with van der Waals surface area (Å²) in [5.41, 5.74) is 1.47. The number of rotatable bonds is 5. The fourth-order valence-electron chi connectivity index (χ4n) is 2.08. The molecule has 0 spiro atoms. The van der Waals surface area contributed by atoms with E-state index in [1.54, 1.807) is 55.6 Å². The van der Waals surface area contributed by atoms with E-state index in [0.29, 0.717) is 22.7 Å². The number of benzene rings is 2. The average Bonchev–Trinajstić information content (AvgIpc) is 2.55. The summed E-state index contributed by atoms with van der Waals surface area (Å²) in [6.45, 7) is 3.73. The van der Waals surface area contributed by atoms with Gasteiger partial charge in [-0.3, -0.25) is 4.79 Å².